The van der Waals surface area contributed by atoms with Gasteiger partial charge in [-0.2, -0.15) is 27.5 Å². The second-order valence-electron chi connectivity index (χ2n) is 19.1. The van der Waals surface area contributed by atoms with Crippen molar-refractivity contribution in [2.45, 2.75) is 39.2 Å². The molecule has 7 aromatic heterocycles. The molecule has 0 N–H and O–H groups in total. The van der Waals surface area contributed by atoms with Gasteiger partial charge in [-0.15, -0.1) is 70.9 Å². The van der Waals surface area contributed by atoms with E-state index in [0.717, 1.165) is 53.6 Å². The molecule has 0 aliphatic carbocycles. The standard InChI is InChI=1S/C69H42F6N7.Ir/c1-38-46(35-77-62-53-27-25-49(70)32-58(53)81-66(74)64(72)79-68(81)60(38)62)19-17-40-29-41(18-20-47-36-78-63-54-28-26-50(71)33-59(54)82-67(75)65(73)80-69(82)61(63)39(47)2)31-48(30-40)51-15-9-10-16-52(51)56-37-76-57(45-13-7-4-8-14-45)34-55(56)44-23-21-43(22-24-44)42-11-5-3-6-12-42;/h3-13,15-16,21-26,29-37H,17-20H2,1-2H3;/q-3;+3/i1D3,2D3,17D2,18D2,19D2,20D2;. The molecule has 0 saturated heterocycles. The Morgan fingerprint density at radius 3 is 1.57 bits per heavy atom. The third-order valence-electron chi connectivity index (χ3n) is 14.2. The minimum atomic E-state index is -3.69. The second kappa shape index (κ2) is 21.2. The summed E-state index contributed by atoms with van der Waals surface area (Å²) in [7, 11) is 0. The van der Waals surface area contributed by atoms with Gasteiger partial charge in [0.05, 0.1) is 0 Å². The van der Waals surface area contributed by atoms with Crippen molar-refractivity contribution in [3.63, 3.8) is 0 Å². The first kappa shape index (κ1) is 39.1. The molecule has 0 unspecified atom stereocenters. The molecule has 7 nitrogen and oxygen atoms in total. The van der Waals surface area contributed by atoms with Crippen LogP contribution in [-0.4, -0.2) is 33.7 Å². The Bertz CT molecular complexity index is 5330. The van der Waals surface area contributed by atoms with Gasteiger partial charge in [-0.25, -0.2) is 0 Å². The van der Waals surface area contributed by atoms with Gasteiger partial charge in [-0.05, 0) is 128 Å². The van der Waals surface area contributed by atoms with E-state index in [9.17, 15) is 19.7 Å². The summed E-state index contributed by atoms with van der Waals surface area (Å²) in [5.74, 6) is -8.87. The van der Waals surface area contributed by atoms with Crippen LogP contribution >= 0.6 is 0 Å². The first-order chi connectivity index (χ1) is 45.4. The van der Waals surface area contributed by atoms with Crippen molar-refractivity contribution in [1.82, 2.24) is 33.7 Å². The van der Waals surface area contributed by atoms with Gasteiger partial charge in [0, 0.05) is 76.8 Å². The number of hydrogen-bond donors (Lipinski definition) is 0. The molecule has 0 aliphatic rings. The minimum absolute atomic E-state index is 0. The summed E-state index contributed by atoms with van der Waals surface area (Å²) >= 11 is 0. The van der Waals surface area contributed by atoms with E-state index in [1.165, 1.54) is 0 Å². The van der Waals surface area contributed by atoms with Crippen molar-refractivity contribution in [2.75, 3.05) is 0 Å². The predicted octanol–water partition coefficient (Wildman–Crippen LogP) is 16.5. The van der Waals surface area contributed by atoms with Crippen LogP contribution in [0.5, 0.6) is 0 Å². The van der Waals surface area contributed by atoms with Crippen molar-refractivity contribution in [3.8, 4) is 55.8 Å². The van der Waals surface area contributed by atoms with Gasteiger partial charge in [-0.1, -0.05) is 115 Å². The summed E-state index contributed by atoms with van der Waals surface area (Å²) in [4.78, 5) is 20.8. The van der Waals surface area contributed by atoms with Crippen LogP contribution in [0.25, 0.3) is 111 Å². The number of fused-ring (bicyclic) bond motifs is 12. The molecule has 0 saturated carbocycles. The number of benzene rings is 7. The summed E-state index contributed by atoms with van der Waals surface area (Å²) in [6, 6.07) is 47.3. The van der Waals surface area contributed by atoms with Crippen molar-refractivity contribution in [3.05, 3.63) is 257 Å². The Labute approximate surface area is 504 Å². The minimum Gasteiger partial charge on any atom is -0.309 e. The number of imidazole rings is 2. The first-order valence-electron chi connectivity index (χ1n) is 32.2. The van der Waals surface area contributed by atoms with E-state index in [-0.39, 0.29) is 42.0 Å². The summed E-state index contributed by atoms with van der Waals surface area (Å²) < 4.78 is 227. The molecule has 7 heterocycles. The Hall–Kier alpha value is -9.36. The maximum absolute atomic E-state index is 15.9. The van der Waals surface area contributed by atoms with Crippen LogP contribution in [-0.2, 0) is 45.6 Å². The zero-order valence-corrected chi connectivity index (χ0v) is 44.8. The van der Waals surface area contributed by atoms with E-state index in [1.807, 2.05) is 72.8 Å². The smallest absolute Gasteiger partial charge is 0.309 e. The molecule has 0 aliphatic heterocycles. The fourth-order valence-corrected chi connectivity index (χ4v) is 10.5. The molecule has 14 aromatic rings. The monoisotopic (exact) mass is 1290 g/mol. The zero-order valence-electron chi connectivity index (χ0n) is 56.4. The molecule has 7 aromatic carbocycles. The van der Waals surface area contributed by atoms with Crippen LogP contribution in [0, 0.1) is 67.3 Å². The number of aromatic nitrogens is 7. The Morgan fingerprint density at radius 2 is 1.01 bits per heavy atom. The van der Waals surface area contributed by atoms with Crippen LogP contribution in [0.1, 0.15) is 52.6 Å². The number of aryl methyl sites for hydroxylation is 6. The van der Waals surface area contributed by atoms with Gasteiger partial charge in [0.25, 0.3) is 11.9 Å². The molecule has 14 heteroatoms. The van der Waals surface area contributed by atoms with E-state index >= 15 is 17.6 Å². The van der Waals surface area contributed by atoms with Crippen LogP contribution in [0.4, 0.5) is 26.3 Å². The topological polar surface area (TPSA) is 73.3 Å². The molecule has 14 rings (SSSR count). The number of pyridine rings is 5. The first-order valence-corrected chi connectivity index (χ1v) is 25.2. The molecular weight excluding hydrogens is 1230 g/mol. The predicted molar refractivity (Wildman–Crippen MR) is 308 cm³/mol. The summed E-state index contributed by atoms with van der Waals surface area (Å²) in [5.41, 5.74) is -3.92. The maximum atomic E-state index is 15.9. The van der Waals surface area contributed by atoms with Crippen molar-refractivity contribution in [1.29, 1.82) is 0 Å². The summed E-state index contributed by atoms with van der Waals surface area (Å²) in [6.45, 7) is -7.02. The number of nitrogens with zero attached hydrogens (tertiary/aromatic N) is 7. The molecule has 0 radical (unpaired) electrons. The molecule has 0 fully saturated rings. The van der Waals surface area contributed by atoms with E-state index < -0.39 is 152 Å². The van der Waals surface area contributed by atoms with Gasteiger partial charge < -0.3 is 23.8 Å². The SMILES string of the molecule is [2H]C([2H])([2H])c1c(C([2H])([2H])C([2H])([2H])c2cc(-c3ccccc3-c3cnc(-c4[c-]cccc4)cc3-c3ccc(-c4ccccc4)cc3)cc(C([2H])([2H])C([2H])([2H])c3cnc4c5[c-]cc(F)cc5n5c(F)c(F)nc5c4c3C([2H])([2H])[2H])c2)cnc2c3[c-]cc(F)cc3n3c(F)c(F)nc3c12.[Ir+3]. The molecule has 0 bridgehead atoms. The number of rotatable bonds is 11. The van der Waals surface area contributed by atoms with Gasteiger partial charge in [-0.3, -0.25) is 8.78 Å². The largest absolute Gasteiger partial charge is 3.00 e. The number of hydrogen-bond acceptors (Lipinski definition) is 5. The Balaban J connectivity index is 0.00000849. The van der Waals surface area contributed by atoms with Crippen molar-refractivity contribution < 1.29 is 65.6 Å². The molecular formula is C69H42F6IrN7. The third-order valence-corrected chi connectivity index (χ3v) is 14.2. The fraction of sp³-hybridized carbons (Fsp3) is 0.0870. The van der Waals surface area contributed by atoms with Gasteiger partial charge in [0.1, 0.15) is 11.3 Å². The van der Waals surface area contributed by atoms with Gasteiger partial charge >= 0.3 is 20.1 Å². The van der Waals surface area contributed by atoms with E-state index in [2.05, 4.69) is 38.1 Å². The van der Waals surface area contributed by atoms with Gasteiger partial charge in [0.15, 0.2) is 0 Å². The molecule has 0 atom stereocenters. The van der Waals surface area contributed by atoms with Crippen LogP contribution in [0.15, 0.2) is 170 Å². The zero-order chi connectivity index (χ0) is 68.1. The van der Waals surface area contributed by atoms with Crippen molar-refractivity contribution in [2.24, 2.45) is 0 Å². The maximum Gasteiger partial charge on any atom is 3.00 e. The molecule has 83 heavy (non-hydrogen) atoms. The van der Waals surface area contributed by atoms with Crippen LogP contribution in [0.2, 0.25) is 0 Å². The molecule has 0 spiro atoms. The average molecular weight is 1290 g/mol. The summed E-state index contributed by atoms with van der Waals surface area (Å²) in [6.07, 6.45) is -11.7. The van der Waals surface area contributed by atoms with E-state index in [4.69, 9.17) is 13.2 Å². The Kier molecular flexibility index (Phi) is 9.99. The molecule has 0 amide bonds. The quantitative estimate of drug-likeness (QED) is 0.0733. The van der Waals surface area contributed by atoms with Crippen molar-refractivity contribution >= 4 is 54.9 Å². The van der Waals surface area contributed by atoms with Gasteiger partial charge in [0.2, 0.25) is 11.9 Å². The molecule has 404 valence electrons. The number of halogens is 6. The fourth-order valence-electron chi connectivity index (χ4n) is 10.5. The summed E-state index contributed by atoms with van der Waals surface area (Å²) in [5, 5.41) is -1.92. The van der Waals surface area contributed by atoms with Crippen LogP contribution < -0.4 is 0 Å². The third kappa shape index (κ3) is 9.19. The Morgan fingerprint density at radius 1 is 0.482 bits per heavy atom. The normalized spacial score (nSPS) is 15.2. The van der Waals surface area contributed by atoms with Crippen LogP contribution in [0.3, 0.4) is 0 Å². The average Bonchev–Trinajstić information content (AvgIpc) is 1.64. The van der Waals surface area contributed by atoms with E-state index in [0.29, 0.717) is 54.7 Å². The second-order valence-corrected chi connectivity index (χ2v) is 19.1. The van der Waals surface area contributed by atoms with E-state index in [1.54, 1.807) is 42.6 Å².